The van der Waals surface area contributed by atoms with E-state index >= 15 is 0 Å². The molecule has 1 aromatic rings. The van der Waals surface area contributed by atoms with Crippen LogP contribution in [0.25, 0.3) is 0 Å². The number of thioether (sulfide) groups is 1. The highest BCUT2D eigenvalue weighted by Crippen LogP contribution is 2.06. The van der Waals surface area contributed by atoms with Crippen molar-refractivity contribution in [2.75, 3.05) is 6.26 Å². The third kappa shape index (κ3) is 2.01. The van der Waals surface area contributed by atoms with Crippen LogP contribution in [0.5, 0.6) is 0 Å². The number of carbonyl (C=O) groups excluding carboxylic acids is 1. The first-order chi connectivity index (χ1) is 5.24. The van der Waals surface area contributed by atoms with Gasteiger partial charge in [-0.1, -0.05) is 11.8 Å². The molecule has 0 saturated carbocycles. The van der Waals surface area contributed by atoms with Crippen LogP contribution in [0.1, 0.15) is 17.3 Å². The second kappa shape index (κ2) is 3.48. The summed E-state index contributed by atoms with van der Waals surface area (Å²) in [5.74, 6) is -0.00217. The quantitative estimate of drug-likeness (QED) is 0.380. The Morgan fingerprint density at radius 2 is 2.00 bits per heavy atom. The number of carbonyl (C=O) groups is 1. The Balaban J connectivity index is 2.91. The van der Waals surface area contributed by atoms with Crippen LogP contribution in [0.4, 0.5) is 0 Å². The molecule has 1 rings (SSSR count). The average Bonchev–Trinajstić information content (AvgIpc) is 2.05. The molecule has 0 aliphatic carbocycles. The highest BCUT2D eigenvalue weighted by molar-refractivity contribution is 7.98. The molecule has 0 aromatic carbocycles. The van der Waals surface area contributed by atoms with Gasteiger partial charge in [-0.3, -0.25) is 4.79 Å². The van der Waals surface area contributed by atoms with Crippen LogP contribution < -0.4 is 0 Å². The maximum atomic E-state index is 10.8. The highest BCUT2D eigenvalue weighted by atomic mass is 32.2. The van der Waals surface area contributed by atoms with Gasteiger partial charge in [0.2, 0.25) is 0 Å². The van der Waals surface area contributed by atoms with Crippen molar-refractivity contribution < 1.29 is 4.79 Å². The first-order valence-electron chi connectivity index (χ1n) is 3.11. The molecule has 0 unspecified atom stereocenters. The van der Waals surface area contributed by atoms with Crippen LogP contribution >= 0.6 is 11.8 Å². The zero-order valence-electron chi connectivity index (χ0n) is 6.37. The minimum absolute atomic E-state index is 0.00217. The van der Waals surface area contributed by atoms with Gasteiger partial charge in [-0.2, -0.15) is 0 Å². The molecule has 0 N–H and O–H groups in total. The van der Waals surface area contributed by atoms with Crippen molar-refractivity contribution in [3.8, 4) is 0 Å². The number of hydrogen-bond donors (Lipinski definition) is 0. The lowest BCUT2D eigenvalue weighted by Crippen LogP contribution is -1.95. The molecule has 0 aliphatic rings. The van der Waals surface area contributed by atoms with E-state index in [1.807, 2.05) is 6.26 Å². The van der Waals surface area contributed by atoms with Gasteiger partial charge in [0.05, 0.1) is 5.56 Å². The van der Waals surface area contributed by atoms with Gasteiger partial charge in [-0.25, -0.2) is 9.97 Å². The second-order valence-electron chi connectivity index (χ2n) is 2.01. The third-order valence-corrected chi connectivity index (χ3v) is 1.79. The van der Waals surface area contributed by atoms with Gasteiger partial charge in [0.15, 0.2) is 10.9 Å². The number of Topliss-reactive ketones (excluding diaryl/α,β-unsaturated/α-hetero) is 1. The Morgan fingerprint density at radius 1 is 1.45 bits per heavy atom. The Morgan fingerprint density at radius 3 is 2.36 bits per heavy atom. The normalized spacial score (nSPS) is 9.64. The van der Waals surface area contributed by atoms with Crippen molar-refractivity contribution in [2.24, 2.45) is 0 Å². The molecule has 3 nitrogen and oxygen atoms in total. The van der Waals surface area contributed by atoms with Gasteiger partial charge in [0, 0.05) is 12.4 Å². The smallest absolute Gasteiger partial charge is 0.187 e. The van der Waals surface area contributed by atoms with Gasteiger partial charge in [-0.05, 0) is 13.2 Å². The highest BCUT2D eigenvalue weighted by Gasteiger charge is 1.99. The summed E-state index contributed by atoms with van der Waals surface area (Å²) in [6.45, 7) is 1.50. The summed E-state index contributed by atoms with van der Waals surface area (Å²) in [6, 6.07) is 0. The Hall–Kier alpha value is -0.900. The van der Waals surface area contributed by atoms with Crippen LogP contribution in [0, 0.1) is 0 Å². The summed E-state index contributed by atoms with van der Waals surface area (Å²) in [6.07, 6.45) is 4.98. The molecule has 0 spiro atoms. The Labute approximate surface area is 69.3 Å². The van der Waals surface area contributed by atoms with E-state index in [1.165, 1.54) is 18.7 Å². The molecule has 0 radical (unpaired) electrons. The van der Waals surface area contributed by atoms with E-state index in [9.17, 15) is 4.79 Å². The van der Waals surface area contributed by atoms with Crippen LogP contribution in [0.2, 0.25) is 0 Å². The van der Waals surface area contributed by atoms with Crippen molar-refractivity contribution in [2.45, 2.75) is 12.1 Å². The minimum atomic E-state index is -0.00217. The lowest BCUT2D eigenvalue weighted by atomic mass is 10.2. The van der Waals surface area contributed by atoms with E-state index in [4.69, 9.17) is 0 Å². The predicted octanol–water partition coefficient (Wildman–Crippen LogP) is 1.40. The molecule has 0 aliphatic heterocycles. The standard InChI is InChI=1S/C7H8N2OS/c1-5(10)6-3-8-7(11-2)9-4-6/h3-4H,1-2H3. The topological polar surface area (TPSA) is 42.9 Å². The van der Waals surface area contributed by atoms with E-state index in [2.05, 4.69) is 9.97 Å². The predicted molar refractivity (Wildman–Crippen MR) is 43.8 cm³/mol. The van der Waals surface area contributed by atoms with Gasteiger partial charge >= 0.3 is 0 Å². The Bertz CT molecular complexity index is 258. The van der Waals surface area contributed by atoms with Crippen molar-refractivity contribution in [1.29, 1.82) is 0 Å². The van der Waals surface area contributed by atoms with E-state index in [0.717, 1.165) is 0 Å². The van der Waals surface area contributed by atoms with Crippen LogP contribution in [0.3, 0.4) is 0 Å². The zero-order chi connectivity index (χ0) is 8.27. The van der Waals surface area contributed by atoms with Crippen LogP contribution in [0.15, 0.2) is 17.6 Å². The maximum absolute atomic E-state index is 10.8. The van der Waals surface area contributed by atoms with Crippen LogP contribution in [-0.2, 0) is 0 Å². The summed E-state index contributed by atoms with van der Waals surface area (Å²) in [5, 5.41) is 0.690. The van der Waals surface area contributed by atoms with Gasteiger partial charge in [-0.15, -0.1) is 0 Å². The number of rotatable bonds is 2. The van der Waals surface area contributed by atoms with Gasteiger partial charge in [0.25, 0.3) is 0 Å². The third-order valence-electron chi connectivity index (χ3n) is 1.22. The number of nitrogens with zero attached hydrogens (tertiary/aromatic N) is 2. The number of ketones is 1. The maximum Gasteiger partial charge on any atom is 0.187 e. The van der Waals surface area contributed by atoms with Crippen molar-refractivity contribution in [1.82, 2.24) is 9.97 Å². The van der Waals surface area contributed by atoms with E-state index in [-0.39, 0.29) is 5.78 Å². The van der Waals surface area contributed by atoms with Crippen molar-refractivity contribution >= 4 is 17.5 Å². The van der Waals surface area contributed by atoms with Gasteiger partial charge < -0.3 is 0 Å². The van der Waals surface area contributed by atoms with E-state index < -0.39 is 0 Å². The first kappa shape index (κ1) is 8.20. The summed E-state index contributed by atoms with van der Waals surface area (Å²) in [7, 11) is 0. The van der Waals surface area contributed by atoms with E-state index in [0.29, 0.717) is 10.7 Å². The lowest BCUT2D eigenvalue weighted by molar-refractivity contribution is 0.101. The Kier molecular flexibility index (Phi) is 2.59. The summed E-state index contributed by atoms with van der Waals surface area (Å²) in [4.78, 5) is 18.7. The largest absolute Gasteiger partial charge is 0.294 e. The molecule has 0 bridgehead atoms. The first-order valence-corrected chi connectivity index (χ1v) is 4.33. The zero-order valence-corrected chi connectivity index (χ0v) is 7.18. The fourth-order valence-corrected chi connectivity index (χ4v) is 0.920. The monoisotopic (exact) mass is 168 g/mol. The minimum Gasteiger partial charge on any atom is -0.294 e. The number of aromatic nitrogens is 2. The molecule has 11 heavy (non-hydrogen) atoms. The van der Waals surface area contributed by atoms with Crippen LogP contribution in [-0.4, -0.2) is 22.0 Å². The molecule has 0 amide bonds. The number of hydrogen-bond acceptors (Lipinski definition) is 4. The van der Waals surface area contributed by atoms with E-state index in [1.54, 1.807) is 12.4 Å². The fourth-order valence-electron chi connectivity index (χ4n) is 0.603. The summed E-state index contributed by atoms with van der Waals surface area (Å²) in [5.41, 5.74) is 0.558. The molecular weight excluding hydrogens is 160 g/mol. The van der Waals surface area contributed by atoms with Gasteiger partial charge in [0.1, 0.15) is 0 Å². The average molecular weight is 168 g/mol. The molecule has 1 aromatic heterocycles. The molecule has 58 valence electrons. The summed E-state index contributed by atoms with van der Waals surface area (Å²) < 4.78 is 0. The molecule has 0 fully saturated rings. The van der Waals surface area contributed by atoms with Crippen molar-refractivity contribution in [3.63, 3.8) is 0 Å². The molecule has 4 heteroatoms. The SMILES string of the molecule is CSc1ncc(C(C)=O)cn1. The van der Waals surface area contributed by atoms with Crippen molar-refractivity contribution in [3.05, 3.63) is 18.0 Å². The second-order valence-corrected chi connectivity index (χ2v) is 2.79. The molecule has 0 saturated heterocycles. The summed E-state index contributed by atoms with van der Waals surface area (Å²) >= 11 is 1.46. The fraction of sp³-hybridized carbons (Fsp3) is 0.286. The molecular formula is C7H8N2OS. The molecule has 1 heterocycles. The molecule has 0 atom stereocenters. The lowest BCUT2D eigenvalue weighted by Gasteiger charge is -1.94.